The van der Waals surface area contributed by atoms with Crippen LogP contribution in [0.15, 0.2) is 77.7 Å². The van der Waals surface area contributed by atoms with E-state index in [0.717, 1.165) is 16.9 Å². The summed E-state index contributed by atoms with van der Waals surface area (Å²) < 4.78 is 9.24. The highest BCUT2D eigenvalue weighted by atomic mass is 35.5. The van der Waals surface area contributed by atoms with Gasteiger partial charge in [0.2, 0.25) is 0 Å². The van der Waals surface area contributed by atoms with E-state index < -0.39 is 0 Å². The van der Waals surface area contributed by atoms with Gasteiger partial charge in [-0.05, 0) is 74.0 Å². The van der Waals surface area contributed by atoms with Gasteiger partial charge in [0.05, 0.1) is 28.6 Å². The maximum absolute atomic E-state index is 13.5. The lowest BCUT2D eigenvalue weighted by Crippen LogP contribution is -2.19. The Labute approximate surface area is 206 Å². The van der Waals surface area contributed by atoms with E-state index in [9.17, 15) is 4.79 Å². The molecule has 0 bridgehead atoms. The first kappa shape index (κ1) is 22.4. The first-order chi connectivity index (χ1) is 16.9. The molecule has 0 N–H and O–H groups in total. The van der Waals surface area contributed by atoms with Crippen molar-refractivity contribution in [2.24, 2.45) is 0 Å². The molecule has 35 heavy (non-hydrogen) atoms. The van der Waals surface area contributed by atoms with Crippen molar-refractivity contribution in [3.63, 3.8) is 0 Å². The summed E-state index contributed by atoms with van der Waals surface area (Å²) >= 11 is 6.02. The van der Waals surface area contributed by atoms with Gasteiger partial charge in [-0.15, -0.1) is 0 Å². The number of benzene rings is 2. The number of aromatic nitrogens is 4. The van der Waals surface area contributed by atoms with Gasteiger partial charge in [0, 0.05) is 16.9 Å². The van der Waals surface area contributed by atoms with Gasteiger partial charge < -0.3 is 4.74 Å². The first-order valence-electron chi connectivity index (χ1n) is 10.9. The number of nitriles is 1. The largest absolute Gasteiger partial charge is 0.485 e. The molecule has 3 aromatic heterocycles. The summed E-state index contributed by atoms with van der Waals surface area (Å²) in [4.78, 5) is 18.2. The number of hydrogen-bond acceptors (Lipinski definition) is 5. The predicted octanol–water partition coefficient (Wildman–Crippen LogP) is 5.27. The molecule has 0 aliphatic heterocycles. The van der Waals surface area contributed by atoms with Gasteiger partial charge in [0.1, 0.15) is 12.3 Å². The summed E-state index contributed by atoms with van der Waals surface area (Å²) in [7, 11) is 0. The van der Waals surface area contributed by atoms with Crippen LogP contribution >= 0.6 is 11.6 Å². The van der Waals surface area contributed by atoms with Gasteiger partial charge >= 0.3 is 0 Å². The average Bonchev–Trinajstić information content (AvgIpc) is 3.24. The standard InChI is InChI=1S/C27H20ClN5O2/c1-17-14-23(31-33(17)22-11-9-21(28)10-12-22)25-18(2)30-26-24(4-3-13-32(26)27(25)34)35-16-20-7-5-19(15-29)6-8-20/h3-14H,16H2,1-2H3. The molecule has 7 nitrogen and oxygen atoms in total. The van der Waals surface area contributed by atoms with E-state index in [1.165, 1.54) is 4.40 Å². The maximum Gasteiger partial charge on any atom is 0.267 e. The molecule has 5 aromatic rings. The number of hydrogen-bond donors (Lipinski definition) is 0. The molecule has 0 fully saturated rings. The molecule has 0 radical (unpaired) electrons. The van der Waals surface area contributed by atoms with Crippen LogP contribution in [0.2, 0.25) is 5.02 Å². The molecule has 0 spiro atoms. The number of rotatable bonds is 5. The smallest absolute Gasteiger partial charge is 0.267 e. The second kappa shape index (κ2) is 9.09. The lowest BCUT2D eigenvalue weighted by Gasteiger charge is -2.11. The molecule has 0 saturated heterocycles. The SMILES string of the molecule is Cc1nc2c(OCc3ccc(C#N)cc3)cccn2c(=O)c1-c1cc(C)n(-c2ccc(Cl)cc2)n1. The summed E-state index contributed by atoms with van der Waals surface area (Å²) in [6.07, 6.45) is 1.67. The van der Waals surface area contributed by atoms with Crippen LogP contribution in [0.3, 0.4) is 0 Å². The number of nitrogens with zero attached hydrogens (tertiary/aromatic N) is 5. The number of pyridine rings is 1. The number of ether oxygens (including phenoxy) is 1. The lowest BCUT2D eigenvalue weighted by molar-refractivity contribution is 0.308. The quantitative estimate of drug-likeness (QED) is 0.341. The minimum atomic E-state index is -0.225. The molecule has 0 amide bonds. The normalized spacial score (nSPS) is 10.9. The van der Waals surface area contributed by atoms with E-state index in [4.69, 9.17) is 26.6 Å². The Balaban J connectivity index is 1.52. The maximum atomic E-state index is 13.5. The third-order valence-corrected chi connectivity index (χ3v) is 5.94. The molecule has 8 heteroatoms. The highest BCUT2D eigenvalue weighted by Crippen LogP contribution is 2.25. The molecule has 0 aliphatic carbocycles. The zero-order valence-electron chi connectivity index (χ0n) is 19.1. The van der Waals surface area contributed by atoms with Crippen LogP contribution in [-0.4, -0.2) is 19.2 Å². The molecule has 172 valence electrons. The van der Waals surface area contributed by atoms with Crippen LogP contribution in [0, 0.1) is 25.2 Å². The van der Waals surface area contributed by atoms with Crippen molar-refractivity contribution in [3.05, 3.63) is 111 Å². The Hall–Kier alpha value is -4.41. The van der Waals surface area contributed by atoms with Crippen LogP contribution in [-0.2, 0) is 6.61 Å². The first-order valence-corrected chi connectivity index (χ1v) is 11.3. The van der Waals surface area contributed by atoms with Gasteiger partial charge in [0.15, 0.2) is 11.4 Å². The van der Waals surface area contributed by atoms with Crippen molar-refractivity contribution in [2.75, 3.05) is 0 Å². The van der Waals surface area contributed by atoms with Crippen molar-refractivity contribution >= 4 is 17.2 Å². The molecule has 5 rings (SSSR count). The molecule has 0 aliphatic rings. The minimum Gasteiger partial charge on any atom is -0.485 e. The molecule has 3 heterocycles. The predicted molar refractivity (Wildman–Crippen MR) is 134 cm³/mol. The monoisotopic (exact) mass is 481 g/mol. The lowest BCUT2D eigenvalue weighted by atomic mass is 10.1. The van der Waals surface area contributed by atoms with Crippen molar-refractivity contribution in [2.45, 2.75) is 20.5 Å². The van der Waals surface area contributed by atoms with E-state index in [1.54, 1.807) is 54.2 Å². The van der Waals surface area contributed by atoms with Gasteiger partial charge in [0.25, 0.3) is 5.56 Å². The molecule has 0 saturated carbocycles. The van der Waals surface area contributed by atoms with Crippen molar-refractivity contribution < 1.29 is 4.74 Å². The summed E-state index contributed by atoms with van der Waals surface area (Å²) in [5.41, 5.74) is 4.97. The van der Waals surface area contributed by atoms with Crippen LogP contribution in [0.25, 0.3) is 22.6 Å². The van der Waals surface area contributed by atoms with Gasteiger partial charge in [-0.25, -0.2) is 9.67 Å². The second-order valence-electron chi connectivity index (χ2n) is 8.10. The third-order valence-electron chi connectivity index (χ3n) is 5.69. The average molecular weight is 482 g/mol. The van der Waals surface area contributed by atoms with Crippen molar-refractivity contribution in [1.29, 1.82) is 5.26 Å². The van der Waals surface area contributed by atoms with E-state index in [2.05, 4.69) is 11.2 Å². The Morgan fingerprint density at radius 3 is 2.51 bits per heavy atom. The fourth-order valence-corrected chi connectivity index (χ4v) is 4.05. The van der Waals surface area contributed by atoms with Crippen LogP contribution in [0.1, 0.15) is 22.5 Å². The van der Waals surface area contributed by atoms with Crippen molar-refractivity contribution in [3.8, 4) is 28.8 Å². The third kappa shape index (κ3) is 4.27. The number of aryl methyl sites for hydroxylation is 2. The molecular weight excluding hydrogens is 462 g/mol. The topological polar surface area (TPSA) is 85.2 Å². The summed E-state index contributed by atoms with van der Waals surface area (Å²) in [5.74, 6) is 0.492. The van der Waals surface area contributed by atoms with Crippen LogP contribution < -0.4 is 10.3 Å². The molecule has 2 aromatic carbocycles. The number of halogens is 1. The van der Waals surface area contributed by atoms with Crippen molar-refractivity contribution in [1.82, 2.24) is 19.2 Å². The van der Waals surface area contributed by atoms with Crippen LogP contribution in [0.5, 0.6) is 5.75 Å². The summed E-state index contributed by atoms with van der Waals surface area (Å²) in [5, 5.41) is 14.3. The van der Waals surface area contributed by atoms with E-state index >= 15 is 0 Å². The zero-order valence-corrected chi connectivity index (χ0v) is 19.8. The van der Waals surface area contributed by atoms with E-state index in [-0.39, 0.29) is 12.2 Å². The fraction of sp³-hybridized carbons (Fsp3) is 0.111. The highest BCUT2D eigenvalue weighted by molar-refractivity contribution is 6.30. The Kier molecular flexibility index (Phi) is 5.81. The zero-order chi connectivity index (χ0) is 24.5. The highest BCUT2D eigenvalue weighted by Gasteiger charge is 2.18. The fourth-order valence-electron chi connectivity index (χ4n) is 3.93. The Bertz CT molecular complexity index is 1650. The van der Waals surface area contributed by atoms with Gasteiger partial charge in [-0.2, -0.15) is 10.4 Å². The van der Waals surface area contributed by atoms with Gasteiger partial charge in [-0.3, -0.25) is 9.20 Å². The molecule has 0 unspecified atom stereocenters. The Morgan fingerprint density at radius 1 is 1.06 bits per heavy atom. The van der Waals surface area contributed by atoms with E-state index in [0.29, 0.717) is 38.9 Å². The molecule has 0 atom stereocenters. The van der Waals surface area contributed by atoms with Gasteiger partial charge in [-0.1, -0.05) is 23.7 Å². The van der Waals surface area contributed by atoms with E-state index in [1.807, 2.05) is 37.3 Å². The minimum absolute atomic E-state index is 0.225. The Morgan fingerprint density at radius 2 is 1.80 bits per heavy atom. The molecular formula is C27H20ClN5O2. The summed E-state index contributed by atoms with van der Waals surface area (Å²) in [6, 6.07) is 22.0. The second-order valence-corrected chi connectivity index (χ2v) is 8.54. The summed E-state index contributed by atoms with van der Waals surface area (Å²) in [6.45, 7) is 4.01. The number of fused-ring (bicyclic) bond motifs is 1. The van der Waals surface area contributed by atoms with Crippen LogP contribution in [0.4, 0.5) is 0 Å².